The van der Waals surface area contributed by atoms with E-state index in [1.54, 1.807) is 17.2 Å². The zero-order chi connectivity index (χ0) is 22.4. The molecule has 4 heterocycles. The number of aromatic nitrogens is 2. The molecule has 0 fully saturated rings. The highest BCUT2D eigenvalue weighted by Gasteiger charge is 2.41. The van der Waals surface area contributed by atoms with Crippen molar-refractivity contribution in [1.82, 2.24) is 14.3 Å². The molecule has 32 heavy (non-hydrogen) atoms. The van der Waals surface area contributed by atoms with Crippen LogP contribution in [0.25, 0.3) is 5.65 Å². The Bertz CT molecular complexity index is 1360. The highest BCUT2D eigenvalue weighted by molar-refractivity contribution is 9.10. The normalized spacial score (nSPS) is 17.4. The van der Waals surface area contributed by atoms with Crippen LogP contribution >= 0.6 is 27.7 Å². The lowest BCUT2D eigenvalue weighted by Crippen LogP contribution is -2.41. The molecule has 0 bridgehead atoms. The summed E-state index contributed by atoms with van der Waals surface area (Å²) in [6.07, 6.45) is 2.39. The highest BCUT2D eigenvalue weighted by Crippen LogP contribution is 2.35. The number of amides is 1. The molecule has 0 radical (unpaired) electrons. The van der Waals surface area contributed by atoms with Gasteiger partial charge in [-0.25, -0.2) is 14.9 Å². The minimum atomic E-state index is -0.399. The van der Waals surface area contributed by atoms with Crippen molar-refractivity contribution >= 4 is 55.9 Å². The number of rotatable bonds is 4. The topological polar surface area (TPSA) is 79.4 Å². The summed E-state index contributed by atoms with van der Waals surface area (Å²) in [7, 11) is 0. The molecular formula is C23H20BrN5O2S. The zero-order valence-corrected chi connectivity index (χ0v) is 19.9. The first-order valence-electron chi connectivity index (χ1n) is 10.3. The third kappa shape index (κ3) is 3.80. The maximum Gasteiger partial charge on any atom is 0.259 e. The molecule has 0 aliphatic carbocycles. The first-order chi connectivity index (χ1) is 15.4. The van der Waals surface area contributed by atoms with Crippen LogP contribution in [0, 0.1) is 5.92 Å². The average Bonchev–Trinajstić information content (AvgIpc) is 3.08. The van der Waals surface area contributed by atoms with Crippen LogP contribution in [0.2, 0.25) is 0 Å². The molecule has 2 aliphatic heterocycles. The Morgan fingerprint density at radius 2 is 1.97 bits per heavy atom. The van der Waals surface area contributed by atoms with Gasteiger partial charge >= 0.3 is 0 Å². The molecular weight excluding hydrogens is 490 g/mol. The maximum atomic E-state index is 13.2. The van der Waals surface area contributed by atoms with Crippen molar-refractivity contribution in [3.05, 3.63) is 74.7 Å². The Labute approximate surface area is 197 Å². The van der Waals surface area contributed by atoms with E-state index >= 15 is 0 Å². The molecule has 3 aromatic rings. The van der Waals surface area contributed by atoms with Gasteiger partial charge in [-0.05, 0) is 52.5 Å². The van der Waals surface area contributed by atoms with E-state index < -0.39 is 6.04 Å². The molecule has 1 atom stereocenters. The van der Waals surface area contributed by atoms with Gasteiger partial charge in [-0.1, -0.05) is 37.7 Å². The molecule has 2 aromatic heterocycles. The molecule has 2 aliphatic rings. The van der Waals surface area contributed by atoms with Gasteiger partial charge in [0.1, 0.15) is 17.5 Å². The summed E-state index contributed by atoms with van der Waals surface area (Å²) in [5.41, 5.74) is 2.71. The summed E-state index contributed by atoms with van der Waals surface area (Å²) in [5, 5.41) is 0.566. The third-order valence-electron chi connectivity index (χ3n) is 5.27. The molecule has 7 nitrogen and oxygen atoms in total. The summed E-state index contributed by atoms with van der Waals surface area (Å²) >= 11 is 4.77. The molecule has 1 aromatic carbocycles. The van der Waals surface area contributed by atoms with Crippen molar-refractivity contribution < 1.29 is 4.79 Å². The van der Waals surface area contributed by atoms with Gasteiger partial charge in [-0.2, -0.15) is 0 Å². The van der Waals surface area contributed by atoms with E-state index in [1.807, 2.05) is 30.3 Å². The number of carbonyl (C=O) groups is 1. The first-order valence-corrected chi connectivity index (χ1v) is 12.1. The van der Waals surface area contributed by atoms with Crippen LogP contribution in [-0.4, -0.2) is 37.2 Å². The van der Waals surface area contributed by atoms with Gasteiger partial charge in [0.15, 0.2) is 5.17 Å². The summed E-state index contributed by atoms with van der Waals surface area (Å²) in [6, 6.07) is 12.5. The second kappa shape index (κ2) is 8.29. The second-order valence-electron chi connectivity index (χ2n) is 8.13. The van der Waals surface area contributed by atoms with Crippen molar-refractivity contribution in [2.24, 2.45) is 15.9 Å². The predicted octanol–water partition coefficient (Wildman–Crippen LogP) is 4.40. The number of hydrogen-bond donors (Lipinski definition) is 0. The van der Waals surface area contributed by atoms with E-state index in [1.165, 1.54) is 22.2 Å². The SMILES string of the molecule is CC(C)C[C@@H]1N=C2c3ccccc3N=C(SCc3cc(=O)n4cc(Br)ccc4n3)N2C1=O. The van der Waals surface area contributed by atoms with Crippen LogP contribution in [0.1, 0.15) is 31.5 Å². The fourth-order valence-electron chi connectivity index (χ4n) is 3.84. The van der Waals surface area contributed by atoms with Crippen LogP contribution in [0.4, 0.5) is 5.69 Å². The standard InChI is InChI=1S/C23H20BrN5O2S/c1-13(2)9-18-22(31)29-21(26-18)16-5-3-4-6-17(16)27-23(29)32-12-15-10-20(30)28-11-14(24)7-8-19(28)25-15/h3-8,10-11,13,18H,9,12H2,1-2H3/t18-/m0/s1. The second-order valence-corrected chi connectivity index (χ2v) is 9.99. The number of fused-ring (bicyclic) bond motifs is 4. The number of pyridine rings is 1. The molecule has 0 spiro atoms. The van der Waals surface area contributed by atoms with E-state index in [0.29, 0.717) is 40.4 Å². The molecule has 0 saturated carbocycles. The summed E-state index contributed by atoms with van der Waals surface area (Å²) in [4.78, 5) is 41.5. The minimum Gasteiger partial charge on any atom is -0.271 e. The van der Waals surface area contributed by atoms with Gasteiger partial charge in [-0.3, -0.25) is 19.0 Å². The van der Waals surface area contributed by atoms with Gasteiger partial charge in [-0.15, -0.1) is 0 Å². The predicted molar refractivity (Wildman–Crippen MR) is 131 cm³/mol. The first kappa shape index (κ1) is 21.1. The van der Waals surface area contributed by atoms with Crippen molar-refractivity contribution in [2.45, 2.75) is 32.1 Å². The van der Waals surface area contributed by atoms with Gasteiger partial charge < -0.3 is 0 Å². The fraction of sp³-hybridized carbons (Fsp3) is 0.261. The summed E-state index contributed by atoms with van der Waals surface area (Å²) < 4.78 is 2.30. The Balaban J connectivity index is 1.47. The number of amidine groups is 2. The van der Waals surface area contributed by atoms with Crippen molar-refractivity contribution in [3.63, 3.8) is 0 Å². The lowest BCUT2D eigenvalue weighted by molar-refractivity contribution is -0.124. The largest absolute Gasteiger partial charge is 0.271 e. The van der Waals surface area contributed by atoms with Gasteiger partial charge in [0, 0.05) is 28.1 Å². The van der Waals surface area contributed by atoms with Crippen LogP contribution in [0.5, 0.6) is 0 Å². The number of aliphatic imine (C=N–C) groups is 2. The number of benzene rings is 1. The third-order valence-corrected chi connectivity index (χ3v) is 6.71. The van der Waals surface area contributed by atoms with E-state index in [0.717, 1.165) is 15.7 Å². The Morgan fingerprint density at radius 3 is 2.78 bits per heavy atom. The fourth-order valence-corrected chi connectivity index (χ4v) is 5.07. The summed E-state index contributed by atoms with van der Waals surface area (Å²) in [6.45, 7) is 4.18. The molecule has 0 saturated heterocycles. The maximum absolute atomic E-state index is 13.2. The molecule has 162 valence electrons. The lowest BCUT2D eigenvalue weighted by Gasteiger charge is -2.25. The number of halogens is 1. The monoisotopic (exact) mass is 509 g/mol. The van der Waals surface area contributed by atoms with Gasteiger partial charge in [0.2, 0.25) is 0 Å². The smallest absolute Gasteiger partial charge is 0.259 e. The minimum absolute atomic E-state index is 0.0501. The van der Waals surface area contributed by atoms with Crippen molar-refractivity contribution in [2.75, 3.05) is 0 Å². The number of hydrogen-bond acceptors (Lipinski definition) is 6. The van der Waals surface area contributed by atoms with E-state index in [2.05, 4.69) is 34.8 Å². The van der Waals surface area contributed by atoms with Crippen LogP contribution < -0.4 is 5.56 Å². The Hall–Kier alpha value is -2.78. The van der Waals surface area contributed by atoms with Gasteiger partial charge in [0.25, 0.3) is 11.5 Å². The Morgan fingerprint density at radius 1 is 1.16 bits per heavy atom. The number of para-hydroxylation sites is 1. The van der Waals surface area contributed by atoms with Crippen LogP contribution in [0.3, 0.4) is 0 Å². The number of carbonyl (C=O) groups excluding carboxylic acids is 1. The number of nitrogens with zero attached hydrogens (tertiary/aromatic N) is 5. The average molecular weight is 510 g/mol. The molecule has 0 N–H and O–H groups in total. The molecule has 9 heteroatoms. The highest BCUT2D eigenvalue weighted by atomic mass is 79.9. The molecule has 5 rings (SSSR count). The Kier molecular flexibility index (Phi) is 5.46. The summed E-state index contributed by atoms with van der Waals surface area (Å²) in [5.74, 6) is 1.37. The zero-order valence-electron chi connectivity index (χ0n) is 17.5. The quantitative estimate of drug-likeness (QED) is 0.522. The van der Waals surface area contributed by atoms with Crippen molar-refractivity contribution in [1.29, 1.82) is 0 Å². The van der Waals surface area contributed by atoms with Crippen LogP contribution in [0.15, 0.2) is 67.9 Å². The molecule has 0 unspecified atom stereocenters. The van der Waals surface area contributed by atoms with Crippen molar-refractivity contribution in [3.8, 4) is 0 Å². The van der Waals surface area contributed by atoms with Crippen LogP contribution in [-0.2, 0) is 10.5 Å². The van der Waals surface area contributed by atoms with E-state index in [9.17, 15) is 9.59 Å². The van der Waals surface area contributed by atoms with Gasteiger partial charge in [0.05, 0.1) is 11.4 Å². The van der Waals surface area contributed by atoms with E-state index in [-0.39, 0.29) is 11.5 Å². The lowest BCUT2D eigenvalue weighted by atomic mass is 10.0. The van der Waals surface area contributed by atoms with E-state index in [4.69, 9.17) is 9.98 Å². The number of thioether (sulfide) groups is 1. The molecule has 1 amide bonds.